The zero-order valence-electron chi connectivity index (χ0n) is 10.5. The summed E-state index contributed by atoms with van der Waals surface area (Å²) in [5, 5.41) is 8.27. The zero-order valence-corrected chi connectivity index (χ0v) is 10.5. The van der Waals surface area contributed by atoms with Crippen molar-refractivity contribution in [3.05, 3.63) is 0 Å². The van der Waals surface area contributed by atoms with Gasteiger partial charge in [0.2, 0.25) is 5.91 Å². The van der Waals surface area contributed by atoms with Gasteiger partial charge in [0.25, 0.3) is 0 Å². The fourth-order valence-electron chi connectivity index (χ4n) is 1.32. The zero-order chi connectivity index (χ0) is 12.1. The molecule has 0 saturated carbocycles. The quantitative estimate of drug-likeness (QED) is 0.670. The third kappa shape index (κ3) is 7.99. The molecular weight excluding hydrogens is 188 g/mol. The Morgan fingerprint density at radius 2 is 1.60 bits per heavy atom. The van der Waals surface area contributed by atoms with Crippen molar-refractivity contribution in [1.82, 2.24) is 4.90 Å². The molecule has 1 aliphatic rings. The Bertz CT molecular complexity index is 179. The lowest BCUT2D eigenvalue weighted by Crippen LogP contribution is -2.35. The van der Waals surface area contributed by atoms with Gasteiger partial charge in [-0.25, -0.2) is 0 Å². The van der Waals surface area contributed by atoms with E-state index in [1.165, 1.54) is 6.42 Å². The molecule has 0 radical (unpaired) electrons. The van der Waals surface area contributed by atoms with E-state index in [4.69, 9.17) is 5.26 Å². The Kier molecular flexibility index (Phi) is 14.2. The average Bonchev–Trinajstić information content (AvgIpc) is 2.36. The van der Waals surface area contributed by atoms with Gasteiger partial charge in [-0.15, -0.1) is 0 Å². The molecule has 0 aromatic carbocycles. The van der Waals surface area contributed by atoms with Crippen LogP contribution >= 0.6 is 0 Å². The molecule has 0 unspecified atom stereocenters. The van der Waals surface area contributed by atoms with Gasteiger partial charge in [-0.2, -0.15) is 5.26 Å². The highest BCUT2D eigenvalue weighted by molar-refractivity contribution is 5.78. The van der Waals surface area contributed by atoms with Crippen LogP contribution in [0.5, 0.6) is 0 Å². The van der Waals surface area contributed by atoms with Crippen molar-refractivity contribution in [3.8, 4) is 6.07 Å². The predicted octanol–water partition coefficient (Wildman–Crippen LogP) is 2.96. The van der Waals surface area contributed by atoms with E-state index >= 15 is 0 Å². The second-order valence-electron chi connectivity index (χ2n) is 2.78. The molecule has 3 heteroatoms. The van der Waals surface area contributed by atoms with E-state index < -0.39 is 0 Å². The molecule has 15 heavy (non-hydrogen) atoms. The standard InChI is InChI=1S/C8H12N2O.2C2H6/c9-5-4-8(11)10-6-2-1-3-7-10;2*1-2/h1-4,6-7H2;2*1-2H3. The van der Waals surface area contributed by atoms with Crippen molar-refractivity contribution in [2.45, 2.75) is 53.4 Å². The van der Waals surface area contributed by atoms with Gasteiger partial charge in [0.1, 0.15) is 6.42 Å². The maximum Gasteiger partial charge on any atom is 0.236 e. The predicted molar refractivity (Wildman–Crippen MR) is 63.4 cm³/mol. The number of likely N-dealkylation sites (tertiary alicyclic amines) is 1. The number of amides is 1. The Balaban J connectivity index is 0. The number of nitriles is 1. The summed E-state index contributed by atoms with van der Waals surface area (Å²) in [5.74, 6) is -0.00722. The van der Waals surface area contributed by atoms with Gasteiger partial charge in [-0.05, 0) is 19.3 Å². The van der Waals surface area contributed by atoms with Crippen LogP contribution in [-0.4, -0.2) is 23.9 Å². The van der Waals surface area contributed by atoms with Crippen LogP contribution in [-0.2, 0) is 4.79 Å². The fraction of sp³-hybridized carbons (Fsp3) is 0.833. The Morgan fingerprint density at radius 1 is 1.13 bits per heavy atom. The molecule has 0 spiro atoms. The topological polar surface area (TPSA) is 44.1 Å². The molecule has 0 aromatic rings. The number of hydrogen-bond acceptors (Lipinski definition) is 2. The summed E-state index contributed by atoms with van der Waals surface area (Å²) in [4.78, 5) is 12.9. The highest BCUT2D eigenvalue weighted by atomic mass is 16.2. The van der Waals surface area contributed by atoms with Gasteiger partial charge < -0.3 is 4.90 Å². The highest BCUT2D eigenvalue weighted by Gasteiger charge is 2.14. The Hall–Kier alpha value is -1.04. The summed E-state index contributed by atoms with van der Waals surface area (Å²) in [6.45, 7) is 9.70. The van der Waals surface area contributed by atoms with Crippen LogP contribution < -0.4 is 0 Å². The molecule has 1 fully saturated rings. The molecule has 1 saturated heterocycles. The van der Waals surface area contributed by atoms with Gasteiger partial charge in [0, 0.05) is 13.1 Å². The van der Waals surface area contributed by atoms with Crippen LogP contribution in [0.1, 0.15) is 53.4 Å². The lowest BCUT2D eigenvalue weighted by molar-refractivity contribution is -0.130. The monoisotopic (exact) mass is 212 g/mol. The van der Waals surface area contributed by atoms with Gasteiger partial charge in [-0.3, -0.25) is 4.79 Å². The maximum absolute atomic E-state index is 11.1. The third-order valence-electron chi connectivity index (χ3n) is 1.94. The number of piperidine rings is 1. The maximum atomic E-state index is 11.1. The van der Waals surface area contributed by atoms with Gasteiger partial charge >= 0.3 is 0 Å². The summed E-state index contributed by atoms with van der Waals surface area (Å²) < 4.78 is 0. The van der Waals surface area contributed by atoms with E-state index in [-0.39, 0.29) is 12.3 Å². The second kappa shape index (κ2) is 13.0. The number of nitrogens with zero attached hydrogens (tertiary/aromatic N) is 2. The first-order valence-electron chi connectivity index (χ1n) is 5.99. The van der Waals surface area contributed by atoms with Crippen molar-refractivity contribution < 1.29 is 4.79 Å². The van der Waals surface area contributed by atoms with E-state index in [1.807, 2.05) is 33.8 Å². The molecule has 0 bridgehead atoms. The molecular formula is C12H24N2O. The van der Waals surface area contributed by atoms with Gasteiger partial charge in [0.15, 0.2) is 0 Å². The van der Waals surface area contributed by atoms with Crippen molar-refractivity contribution in [1.29, 1.82) is 5.26 Å². The van der Waals surface area contributed by atoms with Gasteiger partial charge in [-0.1, -0.05) is 27.7 Å². The van der Waals surface area contributed by atoms with E-state index in [0.717, 1.165) is 25.9 Å². The smallest absolute Gasteiger partial charge is 0.236 e. The summed E-state index contributed by atoms with van der Waals surface area (Å²) in [7, 11) is 0. The SMILES string of the molecule is CC.CC.N#CCC(=O)N1CCCCC1. The lowest BCUT2D eigenvalue weighted by atomic mass is 10.1. The minimum Gasteiger partial charge on any atom is -0.342 e. The molecule has 0 N–H and O–H groups in total. The molecule has 0 aromatic heterocycles. The third-order valence-corrected chi connectivity index (χ3v) is 1.94. The molecule has 88 valence electrons. The molecule has 1 rings (SSSR count). The number of carbonyl (C=O) groups excluding carboxylic acids is 1. The lowest BCUT2D eigenvalue weighted by Gasteiger charge is -2.25. The Labute approximate surface area is 94.1 Å². The summed E-state index contributed by atoms with van der Waals surface area (Å²) >= 11 is 0. The molecule has 0 aliphatic carbocycles. The Morgan fingerprint density at radius 3 is 2.00 bits per heavy atom. The highest BCUT2D eigenvalue weighted by Crippen LogP contribution is 2.09. The van der Waals surface area contributed by atoms with E-state index in [0.29, 0.717) is 0 Å². The average molecular weight is 212 g/mol. The summed E-state index contributed by atoms with van der Waals surface area (Å²) in [6, 6.07) is 1.87. The first kappa shape index (κ1) is 16.4. The van der Waals surface area contributed by atoms with Crippen LogP contribution in [0.15, 0.2) is 0 Å². The normalized spacial score (nSPS) is 13.7. The van der Waals surface area contributed by atoms with Crippen molar-refractivity contribution >= 4 is 5.91 Å². The van der Waals surface area contributed by atoms with Crippen molar-refractivity contribution in [3.63, 3.8) is 0 Å². The molecule has 1 amide bonds. The van der Waals surface area contributed by atoms with E-state index in [2.05, 4.69) is 0 Å². The molecule has 1 aliphatic heterocycles. The minimum absolute atomic E-state index is 0.00722. The van der Waals surface area contributed by atoms with Crippen LogP contribution in [0.2, 0.25) is 0 Å². The number of rotatable bonds is 1. The summed E-state index contributed by atoms with van der Waals surface area (Å²) in [5.41, 5.74) is 0. The largest absolute Gasteiger partial charge is 0.342 e. The van der Waals surface area contributed by atoms with E-state index in [9.17, 15) is 4.79 Å². The van der Waals surface area contributed by atoms with Crippen LogP contribution in [0.25, 0.3) is 0 Å². The van der Waals surface area contributed by atoms with Crippen LogP contribution in [0.3, 0.4) is 0 Å². The van der Waals surface area contributed by atoms with Crippen molar-refractivity contribution in [2.75, 3.05) is 13.1 Å². The van der Waals surface area contributed by atoms with E-state index in [1.54, 1.807) is 4.90 Å². The number of carbonyl (C=O) groups is 1. The van der Waals surface area contributed by atoms with Crippen LogP contribution in [0.4, 0.5) is 0 Å². The first-order valence-corrected chi connectivity index (χ1v) is 5.99. The molecule has 0 atom stereocenters. The fourth-order valence-corrected chi connectivity index (χ4v) is 1.32. The minimum atomic E-state index is -0.00722. The van der Waals surface area contributed by atoms with Crippen molar-refractivity contribution in [2.24, 2.45) is 0 Å². The second-order valence-corrected chi connectivity index (χ2v) is 2.78. The van der Waals surface area contributed by atoms with Crippen LogP contribution in [0, 0.1) is 11.3 Å². The number of hydrogen-bond donors (Lipinski definition) is 0. The van der Waals surface area contributed by atoms with Gasteiger partial charge in [0.05, 0.1) is 6.07 Å². The molecule has 3 nitrogen and oxygen atoms in total. The molecule has 1 heterocycles. The first-order chi connectivity index (χ1) is 7.34. The summed E-state index contributed by atoms with van der Waals surface area (Å²) in [6.07, 6.45) is 3.45.